The Kier molecular flexibility index (Phi) is 6.40. The molecule has 0 radical (unpaired) electrons. The molecule has 1 aliphatic heterocycles. The third-order valence-corrected chi connectivity index (χ3v) is 5.64. The molecule has 5 N–H and O–H groups in total. The number of nitrogens with two attached hydrogens (primary N) is 1. The van der Waals surface area contributed by atoms with E-state index < -0.39 is 5.82 Å². The number of anilines is 3. The van der Waals surface area contributed by atoms with Crippen molar-refractivity contribution in [3.05, 3.63) is 109 Å². The lowest BCUT2D eigenvalue weighted by Gasteiger charge is -2.42. The van der Waals surface area contributed by atoms with Crippen LogP contribution in [0.1, 0.15) is 16.7 Å². The van der Waals surface area contributed by atoms with Crippen molar-refractivity contribution in [2.75, 3.05) is 29.5 Å². The maximum absolute atomic E-state index is 15.1. The normalized spacial score (nSPS) is 13.0. The molecule has 0 spiro atoms. The van der Waals surface area contributed by atoms with Crippen LogP contribution in [-0.2, 0) is 0 Å². The van der Waals surface area contributed by atoms with E-state index in [1.807, 2.05) is 6.07 Å². The molecular weight excluding hydrogens is 429 g/mol. The van der Waals surface area contributed by atoms with Gasteiger partial charge in [0.15, 0.2) is 0 Å². The minimum absolute atomic E-state index is 0.0490. The predicted octanol–water partition coefficient (Wildman–Crippen LogP) is 4.49. The van der Waals surface area contributed by atoms with Gasteiger partial charge in [-0.3, -0.25) is 5.41 Å². The van der Waals surface area contributed by atoms with Gasteiger partial charge in [0.05, 0.1) is 17.3 Å². The van der Waals surface area contributed by atoms with E-state index in [0.717, 1.165) is 18.8 Å². The van der Waals surface area contributed by atoms with E-state index in [0.29, 0.717) is 28.3 Å². The molecule has 1 saturated heterocycles. The molecule has 1 fully saturated rings. The van der Waals surface area contributed by atoms with E-state index >= 15 is 4.39 Å². The lowest BCUT2D eigenvalue weighted by molar-refractivity contribution is 0.222. The molecule has 2 aromatic heterocycles. The van der Waals surface area contributed by atoms with Crippen LogP contribution in [0.15, 0.2) is 86.4 Å². The van der Waals surface area contributed by atoms with Crippen molar-refractivity contribution in [3.63, 3.8) is 0 Å². The summed E-state index contributed by atoms with van der Waals surface area (Å²) in [4.78, 5) is 10.4. The molecule has 7 nitrogen and oxygen atoms in total. The zero-order valence-electron chi connectivity index (χ0n) is 18.7. The van der Waals surface area contributed by atoms with Crippen LogP contribution in [0.3, 0.4) is 0 Å². The van der Waals surface area contributed by atoms with Crippen LogP contribution in [-0.4, -0.2) is 39.7 Å². The summed E-state index contributed by atoms with van der Waals surface area (Å²) in [5.74, 6) is 0.207. The molecule has 0 aliphatic carbocycles. The van der Waals surface area contributed by atoms with Crippen LogP contribution in [0.2, 0.25) is 0 Å². The van der Waals surface area contributed by atoms with Gasteiger partial charge in [-0.2, -0.15) is 0 Å². The number of halogens is 1. The smallest absolute Gasteiger partial charge is 0.134 e. The highest BCUT2D eigenvalue weighted by Gasteiger charge is 2.28. The maximum Gasteiger partial charge on any atom is 0.134 e. The molecular formula is C26H26FN7. The molecule has 0 saturated carbocycles. The fourth-order valence-corrected chi connectivity index (χ4v) is 3.72. The van der Waals surface area contributed by atoms with Crippen LogP contribution >= 0.6 is 0 Å². The van der Waals surface area contributed by atoms with Crippen molar-refractivity contribution in [2.24, 2.45) is 0 Å². The minimum Gasteiger partial charge on any atom is -0.383 e. The van der Waals surface area contributed by atoms with Gasteiger partial charge in [-0.1, -0.05) is 31.9 Å². The second-order valence-corrected chi connectivity index (χ2v) is 7.95. The summed E-state index contributed by atoms with van der Waals surface area (Å²) >= 11 is 0. The zero-order chi connectivity index (χ0) is 24.2. The van der Waals surface area contributed by atoms with Gasteiger partial charge in [0.25, 0.3) is 0 Å². The molecule has 3 aromatic rings. The summed E-state index contributed by atoms with van der Waals surface area (Å²) in [6.07, 6.45) is 4.94. The van der Waals surface area contributed by atoms with E-state index in [9.17, 15) is 0 Å². The predicted molar refractivity (Wildman–Crippen MR) is 136 cm³/mol. The Morgan fingerprint density at radius 3 is 2.62 bits per heavy atom. The number of pyridine rings is 2. The van der Waals surface area contributed by atoms with Crippen LogP contribution in [0.5, 0.6) is 0 Å². The zero-order valence-corrected chi connectivity index (χ0v) is 18.7. The molecule has 34 heavy (non-hydrogen) atoms. The quantitative estimate of drug-likeness (QED) is 0.280. The number of hydrogen-bond donors (Lipinski definition) is 4. The number of allylic oxidation sites excluding steroid dienone is 1. The summed E-state index contributed by atoms with van der Waals surface area (Å²) in [6, 6.07) is 11.9. The van der Waals surface area contributed by atoms with Gasteiger partial charge in [-0.25, -0.2) is 14.4 Å². The molecule has 1 aliphatic rings. The van der Waals surface area contributed by atoms with Crippen molar-refractivity contribution in [3.8, 4) is 0 Å². The van der Waals surface area contributed by atoms with Crippen LogP contribution < -0.4 is 16.4 Å². The van der Waals surface area contributed by atoms with Gasteiger partial charge in [0, 0.05) is 53.7 Å². The summed E-state index contributed by atoms with van der Waals surface area (Å²) in [7, 11) is 0. The lowest BCUT2D eigenvalue weighted by atomic mass is 9.98. The van der Waals surface area contributed by atoms with Crippen molar-refractivity contribution in [1.82, 2.24) is 14.9 Å². The number of hydrogen-bond acceptors (Lipinski definition) is 7. The standard InChI is InChI=1S/C26H26FN7/c1-4-16(2)34-14-19(15-34)33-22-10-12-31-26(29)24(22)25(28)20-9-8-18(13-21(20)27)17(3)32-23-7-5-6-11-30-23/h4-13,19,28H,1-3,14-15H2,(H,30,32)(H3,29,31,33). The Balaban J connectivity index is 1.53. The third kappa shape index (κ3) is 4.66. The first kappa shape index (κ1) is 22.7. The van der Waals surface area contributed by atoms with Gasteiger partial charge in [0.2, 0.25) is 0 Å². The number of rotatable bonds is 9. The lowest BCUT2D eigenvalue weighted by Crippen LogP contribution is -2.53. The summed E-state index contributed by atoms with van der Waals surface area (Å²) < 4.78 is 15.1. The highest BCUT2D eigenvalue weighted by atomic mass is 19.1. The van der Waals surface area contributed by atoms with Crippen LogP contribution in [0.25, 0.3) is 5.70 Å². The summed E-state index contributed by atoms with van der Waals surface area (Å²) in [5, 5.41) is 15.2. The number of likely N-dealkylation sites (tertiary alicyclic amines) is 1. The number of nitrogens with zero attached hydrogens (tertiary/aromatic N) is 3. The number of nitrogens with one attached hydrogen (secondary N) is 3. The first-order chi connectivity index (χ1) is 16.4. The van der Waals surface area contributed by atoms with Crippen molar-refractivity contribution >= 4 is 28.7 Å². The summed E-state index contributed by atoms with van der Waals surface area (Å²) in [5.41, 5.74) is 9.10. The van der Waals surface area contributed by atoms with Crippen molar-refractivity contribution in [1.29, 1.82) is 5.41 Å². The molecule has 172 valence electrons. The Morgan fingerprint density at radius 2 is 1.94 bits per heavy atom. The molecule has 0 unspecified atom stereocenters. The highest BCUT2D eigenvalue weighted by Crippen LogP contribution is 2.28. The monoisotopic (exact) mass is 455 g/mol. The molecule has 1 aromatic carbocycles. The molecule has 4 rings (SSSR count). The van der Waals surface area contributed by atoms with Gasteiger partial charge in [0.1, 0.15) is 17.5 Å². The Labute approximate surface area is 198 Å². The fourth-order valence-electron chi connectivity index (χ4n) is 3.72. The van der Waals surface area contributed by atoms with Gasteiger partial charge in [-0.05, 0) is 36.4 Å². The SMILES string of the molecule is C=CC(=C)N1CC(Nc2ccnc(N)c2C(=N)c2ccc(C(=C)Nc3ccccn3)cc2F)C1. The Hall–Kier alpha value is -4.46. The van der Waals surface area contributed by atoms with Gasteiger partial charge < -0.3 is 21.3 Å². The topological polar surface area (TPSA) is 103 Å². The van der Waals surface area contributed by atoms with Crippen molar-refractivity contribution < 1.29 is 4.39 Å². The largest absolute Gasteiger partial charge is 0.383 e. The van der Waals surface area contributed by atoms with Gasteiger partial charge in [-0.15, -0.1) is 0 Å². The van der Waals surface area contributed by atoms with E-state index in [4.69, 9.17) is 11.1 Å². The van der Waals surface area contributed by atoms with E-state index in [1.165, 1.54) is 6.07 Å². The Morgan fingerprint density at radius 1 is 1.15 bits per heavy atom. The van der Waals surface area contributed by atoms with Crippen LogP contribution in [0, 0.1) is 11.2 Å². The third-order valence-electron chi connectivity index (χ3n) is 5.64. The van der Waals surface area contributed by atoms with E-state index in [-0.39, 0.29) is 23.1 Å². The molecule has 0 atom stereocenters. The van der Waals surface area contributed by atoms with E-state index in [1.54, 1.807) is 48.8 Å². The average Bonchev–Trinajstić information content (AvgIpc) is 2.81. The number of aromatic nitrogens is 2. The fraction of sp³-hybridized carbons (Fsp3) is 0.115. The maximum atomic E-state index is 15.1. The molecule has 8 heteroatoms. The van der Waals surface area contributed by atoms with Crippen LogP contribution in [0.4, 0.5) is 21.7 Å². The molecule has 0 amide bonds. The minimum atomic E-state index is -0.558. The average molecular weight is 456 g/mol. The van der Waals surface area contributed by atoms with Crippen molar-refractivity contribution in [2.45, 2.75) is 6.04 Å². The first-order valence-corrected chi connectivity index (χ1v) is 10.7. The Bertz CT molecular complexity index is 1260. The number of benzene rings is 1. The number of nitrogen functional groups attached to an aromatic ring is 1. The highest BCUT2D eigenvalue weighted by molar-refractivity contribution is 6.16. The first-order valence-electron chi connectivity index (χ1n) is 10.7. The summed E-state index contributed by atoms with van der Waals surface area (Å²) in [6.45, 7) is 13.1. The van der Waals surface area contributed by atoms with Gasteiger partial charge >= 0.3 is 0 Å². The molecule has 0 bridgehead atoms. The van der Waals surface area contributed by atoms with E-state index in [2.05, 4.69) is 45.2 Å². The molecule has 3 heterocycles. The second kappa shape index (κ2) is 9.58. The second-order valence-electron chi connectivity index (χ2n) is 7.95.